The number of esters is 6. The fraction of sp³-hybridized carbons (Fsp3) is 0.525. The van der Waals surface area contributed by atoms with Gasteiger partial charge in [-0.2, -0.15) is 0 Å². The second-order valence-corrected chi connectivity index (χ2v) is 14.0. The third-order valence-corrected chi connectivity index (χ3v) is 9.27. The first-order valence-corrected chi connectivity index (χ1v) is 18.7. The summed E-state index contributed by atoms with van der Waals surface area (Å²) >= 11 is 0. The molecule has 0 amide bonds. The van der Waals surface area contributed by atoms with E-state index in [2.05, 4.69) is 0 Å². The molecule has 0 aliphatic carbocycles. The van der Waals surface area contributed by atoms with Crippen molar-refractivity contribution in [2.75, 3.05) is 13.7 Å². The molecule has 2 aromatic carbocycles. The van der Waals surface area contributed by atoms with Crippen molar-refractivity contribution in [2.24, 2.45) is 0 Å². The van der Waals surface area contributed by atoms with Crippen LogP contribution in [0, 0.1) is 0 Å². The van der Waals surface area contributed by atoms with Crippen LogP contribution in [0.15, 0.2) is 36.4 Å². The van der Waals surface area contributed by atoms with Gasteiger partial charge in [-0.25, -0.2) is 0 Å². The molecule has 0 saturated carbocycles. The van der Waals surface area contributed by atoms with Gasteiger partial charge in [-0.1, -0.05) is 12.1 Å². The van der Waals surface area contributed by atoms with Crippen LogP contribution < -0.4 is 14.2 Å². The lowest BCUT2D eigenvalue weighted by Crippen LogP contribution is -2.64. The van der Waals surface area contributed by atoms with Gasteiger partial charge in [-0.05, 0) is 24.6 Å². The minimum Gasteiger partial charge on any atom is -0.507 e. The molecule has 3 heterocycles. The number of carbonyl (C=O) groups is 7. The number of carbonyl (C=O) groups excluding carboxylic acids is 7. The minimum absolute atomic E-state index is 0.0504. The number of methoxy groups -OCH3 is 1. The van der Waals surface area contributed by atoms with Gasteiger partial charge < -0.3 is 61.9 Å². The topological polar surface area (TPSA) is 250 Å². The van der Waals surface area contributed by atoms with Crippen LogP contribution >= 0.6 is 0 Å². The Kier molecular flexibility index (Phi) is 14.6. The molecule has 2 saturated heterocycles. The monoisotopic (exact) mass is 846 g/mol. The maximum Gasteiger partial charge on any atom is 0.303 e. The number of ketones is 1. The third kappa shape index (κ3) is 11.0. The normalized spacial score (nSPS) is 28.4. The van der Waals surface area contributed by atoms with Gasteiger partial charge in [0.25, 0.3) is 0 Å². The SMILES string of the molecule is COc1ccc([C@@H]2CC(=O)c3c(O)cc(O[C@@H]4O[C@H](CO[C@@H]5O[C@H](C)[C@H](OC(C)=O)[C@H](OC(C)=O)[C@H]5OC(C)=O)[C@H](OC(C)=O)[C@@H](OC(C)=O)[C@@H]4OC(C)=O)cc3O2)cc1. The Morgan fingerprint density at radius 2 is 1.15 bits per heavy atom. The molecule has 20 heteroatoms. The molecular weight excluding hydrogens is 800 g/mol. The number of hydrogen-bond acceptors (Lipinski definition) is 20. The molecule has 5 rings (SSSR count). The molecule has 0 unspecified atom stereocenters. The van der Waals surface area contributed by atoms with E-state index in [1.165, 1.54) is 20.1 Å². The van der Waals surface area contributed by atoms with Crippen LogP contribution in [0.4, 0.5) is 0 Å². The van der Waals surface area contributed by atoms with E-state index in [1.807, 2.05) is 0 Å². The maximum absolute atomic E-state index is 13.3. The number of benzene rings is 2. The Hall–Kier alpha value is -5.99. The number of fused-ring (bicyclic) bond motifs is 1. The Morgan fingerprint density at radius 3 is 1.70 bits per heavy atom. The van der Waals surface area contributed by atoms with Crippen molar-refractivity contribution in [3.63, 3.8) is 0 Å². The quantitative estimate of drug-likeness (QED) is 0.225. The molecule has 0 radical (unpaired) electrons. The molecule has 2 aromatic rings. The van der Waals surface area contributed by atoms with E-state index in [0.717, 1.165) is 47.6 Å². The van der Waals surface area contributed by atoms with Crippen LogP contribution in [-0.4, -0.2) is 122 Å². The Labute approximate surface area is 343 Å². The lowest BCUT2D eigenvalue weighted by atomic mass is 9.95. The summed E-state index contributed by atoms with van der Waals surface area (Å²) in [4.78, 5) is 87.3. The molecular formula is C40H46O20. The summed E-state index contributed by atoms with van der Waals surface area (Å²) in [5.74, 6) is -5.63. The average Bonchev–Trinajstić information content (AvgIpc) is 3.14. The van der Waals surface area contributed by atoms with Crippen molar-refractivity contribution in [2.45, 2.75) is 122 Å². The van der Waals surface area contributed by atoms with Gasteiger partial charge in [0, 0.05) is 53.7 Å². The van der Waals surface area contributed by atoms with Crippen molar-refractivity contribution in [1.82, 2.24) is 0 Å². The van der Waals surface area contributed by atoms with Crippen LogP contribution in [0.1, 0.15) is 76.9 Å². The predicted molar refractivity (Wildman–Crippen MR) is 196 cm³/mol. The van der Waals surface area contributed by atoms with E-state index in [-0.39, 0.29) is 23.5 Å². The molecule has 3 aliphatic rings. The number of phenols is 1. The largest absolute Gasteiger partial charge is 0.507 e. The Balaban J connectivity index is 1.49. The van der Waals surface area contributed by atoms with Crippen LogP contribution in [-0.2, 0) is 71.4 Å². The number of ether oxygens (including phenoxy) is 12. The molecule has 3 aliphatic heterocycles. The molecule has 326 valence electrons. The summed E-state index contributed by atoms with van der Waals surface area (Å²) in [6, 6.07) is 9.24. The van der Waals surface area contributed by atoms with E-state index in [1.54, 1.807) is 24.3 Å². The summed E-state index contributed by atoms with van der Waals surface area (Å²) in [5, 5.41) is 11.0. The molecule has 0 aromatic heterocycles. The second-order valence-electron chi connectivity index (χ2n) is 14.0. The number of phenolic OH excluding ortho intramolecular Hbond substituents is 1. The molecule has 11 atom stereocenters. The standard InChI is InChI=1S/C40H46O20/c1-17-33(52-18(2)41)35(54-20(4)43)37(56-22(6)45)39(51-17)50-16-31-34(53-19(3)42)36(55-21(5)44)38(57-23(7)46)40(60-31)58-26-13-27(47)32-28(48)15-29(59-30(32)14-26)24-9-11-25(49-8)12-10-24/h9-14,17,29,31,33-40,47H,15-16H2,1-8H3/t17-,29+,31-,33+,34+,35+,36-,37-,38+,39-,40-/m1/s1. The predicted octanol–water partition coefficient (Wildman–Crippen LogP) is 2.56. The highest BCUT2D eigenvalue weighted by molar-refractivity contribution is 6.02. The van der Waals surface area contributed by atoms with Crippen LogP contribution in [0.3, 0.4) is 0 Å². The van der Waals surface area contributed by atoms with Gasteiger partial charge in [-0.15, -0.1) is 0 Å². The number of Topliss-reactive ketones (excluding diaryl/α,β-unsaturated/α-hetero) is 1. The first kappa shape index (κ1) is 45.1. The zero-order valence-corrected chi connectivity index (χ0v) is 33.9. The van der Waals surface area contributed by atoms with Crippen molar-refractivity contribution in [3.8, 4) is 23.0 Å². The zero-order chi connectivity index (χ0) is 44.0. The van der Waals surface area contributed by atoms with E-state index in [0.29, 0.717) is 11.3 Å². The maximum atomic E-state index is 13.3. The summed E-state index contributed by atoms with van der Waals surface area (Å²) in [6.07, 6.45) is -15.6. The minimum atomic E-state index is -1.72. The highest BCUT2D eigenvalue weighted by Gasteiger charge is 2.55. The number of hydrogen-bond donors (Lipinski definition) is 1. The Bertz CT molecular complexity index is 1940. The molecule has 20 nitrogen and oxygen atoms in total. The highest BCUT2D eigenvalue weighted by Crippen LogP contribution is 2.43. The Morgan fingerprint density at radius 1 is 0.650 bits per heavy atom. The first-order chi connectivity index (χ1) is 28.3. The van der Waals surface area contributed by atoms with Gasteiger partial charge >= 0.3 is 35.8 Å². The van der Waals surface area contributed by atoms with Crippen molar-refractivity contribution in [3.05, 3.63) is 47.5 Å². The summed E-state index contributed by atoms with van der Waals surface area (Å²) in [6.45, 7) is 7.31. The molecule has 60 heavy (non-hydrogen) atoms. The van der Waals surface area contributed by atoms with Crippen molar-refractivity contribution >= 4 is 41.6 Å². The average molecular weight is 847 g/mol. The molecule has 2 fully saturated rings. The summed E-state index contributed by atoms with van der Waals surface area (Å²) in [5.41, 5.74) is 0.530. The third-order valence-electron chi connectivity index (χ3n) is 9.27. The zero-order valence-electron chi connectivity index (χ0n) is 33.9. The highest BCUT2D eigenvalue weighted by atomic mass is 16.8. The smallest absolute Gasteiger partial charge is 0.303 e. The van der Waals surface area contributed by atoms with Gasteiger partial charge in [0.05, 0.1) is 26.2 Å². The molecule has 0 bridgehead atoms. The number of aromatic hydroxyl groups is 1. The van der Waals surface area contributed by atoms with Gasteiger partial charge in [0.15, 0.2) is 42.6 Å². The van der Waals surface area contributed by atoms with Gasteiger partial charge in [0.1, 0.15) is 40.8 Å². The van der Waals surface area contributed by atoms with E-state index in [9.17, 15) is 38.7 Å². The van der Waals surface area contributed by atoms with Crippen molar-refractivity contribution in [1.29, 1.82) is 0 Å². The first-order valence-electron chi connectivity index (χ1n) is 18.7. The molecule has 0 spiro atoms. The fourth-order valence-electron chi connectivity index (χ4n) is 7.00. The van der Waals surface area contributed by atoms with Gasteiger partial charge in [-0.3, -0.25) is 33.6 Å². The number of rotatable bonds is 13. The lowest BCUT2D eigenvalue weighted by Gasteiger charge is -2.46. The summed E-state index contributed by atoms with van der Waals surface area (Å²) < 4.78 is 68.7. The second kappa shape index (κ2) is 19.4. The van der Waals surface area contributed by atoms with Crippen LogP contribution in [0.2, 0.25) is 0 Å². The van der Waals surface area contributed by atoms with Gasteiger partial charge in [0.2, 0.25) is 12.4 Å². The summed E-state index contributed by atoms with van der Waals surface area (Å²) in [7, 11) is 1.51. The van der Waals surface area contributed by atoms with Crippen LogP contribution in [0.25, 0.3) is 0 Å². The fourth-order valence-corrected chi connectivity index (χ4v) is 7.00. The van der Waals surface area contributed by atoms with E-state index >= 15 is 0 Å². The lowest BCUT2D eigenvalue weighted by molar-refractivity contribution is -0.323. The van der Waals surface area contributed by atoms with Crippen LogP contribution in [0.5, 0.6) is 23.0 Å². The van der Waals surface area contributed by atoms with Crippen molar-refractivity contribution < 1.29 is 95.5 Å². The molecule has 1 N–H and O–H groups in total. The van der Waals surface area contributed by atoms with E-state index in [4.69, 9.17) is 56.8 Å². The van der Waals surface area contributed by atoms with E-state index < -0.39 is 121 Å².